The molecule has 2 aliphatic carbocycles. The van der Waals surface area contributed by atoms with Crippen LogP contribution in [-0.2, 0) is 15.1 Å². The standard InChI is InChI=1S/C32H34F2N4O4/c1-20(39)36-25-13-7-21(8-14-25)15-28(40)37-26-16-27(22-5-3-2-4-6-22)29(35-17-26)23-9-11-24(12-10-23)31(38-30(41)42)18-32(33,34)19-31/h2-6,9-12,16-17,21,25,38H,7-8,13-15,18-19H2,1H3,(H,36,39)(H,37,40)(H,41,42)/t21-,25-. The molecule has 3 amide bonds. The first-order chi connectivity index (χ1) is 20.0. The van der Waals surface area contributed by atoms with Crippen LogP contribution < -0.4 is 16.0 Å². The highest BCUT2D eigenvalue weighted by Crippen LogP contribution is 2.52. The van der Waals surface area contributed by atoms with Gasteiger partial charge in [0.15, 0.2) is 0 Å². The fourth-order valence-corrected chi connectivity index (χ4v) is 6.22. The highest BCUT2D eigenvalue weighted by Gasteiger charge is 2.58. The zero-order valence-corrected chi connectivity index (χ0v) is 23.3. The normalized spacial score (nSPS) is 20.5. The zero-order valence-electron chi connectivity index (χ0n) is 23.3. The average Bonchev–Trinajstić information content (AvgIpc) is 2.93. The van der Waals surface area contributed by atoms with Crippen LogP contribution in [0.5, 0.6) is 0 Å². The first-order valence-electron chi connectivity index (χ1n) is 14.1. The number of carboxylic acid groups (broad SMARTS) is 1. The summed E-state index contributed by atoms with van der Waals surface area (Å²) in [7, 11) is 0. The Morgan fingerprint density at radius 3 is 2.21 bits per heavy atom. The van der Waals surface area contributed by atoms with Gasteiger partial charge in [-0.3, -0.25) is 14.6 Å². The number of anilines is 1. The van der Waals surface area contributed by atoms with E-state index in [2.05, 4.69) is 20.9 Å². The number of carbonyl (C=O) groups is 3. The lowest BCUT2D eigenvalue weighted by atomic mass is 9.69. The molecule has 2 saturated carbocycles. The van der Waals surface area contributed by atoms with Crippen molar-refractivity contribution in [1.82, 2.24) is 15.6 Å². The van der Waals surface area contributed by atoms with E-state index in [9.17, 15) is 28.3 Å². The van der Waals surface area contributed by atoms with Gasteiger partial charge in [0.05, 0.1) is 23.1 Å². The Balaban J connectivity index is 1.34. The van der Waals surface area contributed by atoms with Crippen molar-refractivity contribution in [1.29, 1.82) is 0 Å². The molecular formula is C32H34F2N4O4. The van der Waals surface area contributed by atoms with Crippen molar-refractivity contribution in [3.63, 3.8) is 0 Å². The maximum Gasteiger partial charge on any atom is 0.405 e. The number of halogens is 2. The number of nitrogens with one attached hydrogen (secondary N) is 3. The Kier molecular flexibility index (Phi) is 8.24. The first-order valence-corrected chi connectivity index (χ1v) is 14.1. The Hall–Kier alpha value is -4.34. The molecule has 2 fully saturated rings. The van der Waals surface area contributed by atoms with Crippen molar-refractivity contribution < 1.29 is 28.3 Å². The number of alkyl halides is 2. The van der Waals surface area contributed by atoms with Gasteiger partial charge in [-0.05, 0) is 48.8 Å². The number of rotatable bonds is 8. The molecule has 220 valence electrons. The van der Waals surface area contributed by atoms with Crippen molar-refractivity contribution in [3.05, 3.63) is 72.4 Å². The Labute approximate surface area is 242 Å². The van der Waals surface area contributed by atoms with Crippen LogP contribution in [0.3, 0.4) is 0 Å². The molecule has 0 unspecified atom stereocenters. The fraction of sp³-hybridized carbons (Fsp3) is 0.375. The summed E-state index contributed by atoms with van der Waals surface area (Å²) in [6, 6.07) is 18.5. The average molecular weight is 577 g/mol. The summed E-state index contributed by atoms with van der Waals surface area (Å²) in [6.45, 7) is 1.52. The molecule has 1 heterocycles. The smallest absolute Gasteiger partial charge is 0.405 e. The lowest BCUT2D eigenvalue weighted by Gasteiger charge is -2.47. The number of nitrogens with zero attached hydrogens (tertiary/aromatic N) is 1. The number of hydrogen-bond acceptors (Lipinski definition) is 4. The van der Waals surface area contributed by atoms with E-state index in [-0.39, 0.29) is 23.8 Å². The van der Waals surface area contributed by atoms with Crippen LogP contribution >= 0.6 is 0 Å². The SMILES string of the molecule is CC(=O)N[C@H]1CC[C@H](CC(=O)Nc2cnc(-c3ccc(C4(NC(=O)O)CC(F)(F)C4)cc3)c(-c3ccccc3)c2)CC1. The highest BCUT2D eigenvalue weighted by molar-refractivity contribution is 5.93. The summed E-state index contributed by atoms with van der Waals surface area (Å²) in [5.41, 5.74) is 2.73. The number of benzene rings is 2. The number of amides is 3. The lowest BCUT2D eigenvalue weighted by Crippen LogP contribution is -2.59. The molecule has 0 bridgehead atoms. The Morgan fingerprint density at radius 2 is 1.62 bits per heavy atom. The van der Waals surface area contributed by atoms with Gasteiger partial charge in [0.1, 0.15) is 0 Å². The molecule has 8 nitrogen and oxygen atoms in total. The van der Waals surface area contributed by atoms with Gasteiger partial charge in [-0.2, -0.15) is 0 Å². The van der Waals surface area contributed by atoms with E-state index in [1.54, 1.807) is 30.5 Å². The summed E-state index contributed by atoms with van der Waals surface area (Å²) in [4.78, 5) is 40.3. The zero-order chi connectivity index (χ0) is 29.9. The Morgan fingerprint density at radius 1 is 0.952 bits per heavy atom. The number of pyridine rings is 1. The van der Waals surface area contributed by atoms with Crippen LogP contribution in [0.4, 0.5) is 19.3 Å². The van der Waals surface area contributed by atoms with E-state index in [1.165, 1.54) is 6.92 Å². The van der Waals surface area contributed by atoms with Crippen LogP contribution in [0.15, 0.2) is 66.9 Å². The van der Waals surface area contributed by atoms with Crippen LogP contribution in [0.1, 0.15) is 57.4 Å². The van der Waals surface area contributed by atoms with Crippen molar-refractivity contribution in [2.24, 2.45) is 5.92 Å². The predicted molar refractivity (Wildman–Crippen MR) is 155 cm³/mol. The Bertz CT molecular complexity index is 1450. The minimum Gasteiger partial charge on any atom is -0.465 e. The van der Waals surface area contributed by atoms with E-state index in [0.717, 1.165) is 42.4 Å². The minimum atomic E-state index is -2.92. The number of aromatic nitrogens is 1. The molecule has 3 aromatic rings. The quantitative estimate of drug-likeness (QED) is 0.250. The fourth-order valence-electron chi connectivity index (χ4n) is 6.22. The molecule has 2 aliphatic rings. The second kappa shape index (κ2) is 11.9. The molecule has 5 rings (SSSR count). The van der Waals surface area contributed by atoms with Gasteiger partial charge >= 0.3 is 6.09 Å². The van der Waals surface area contributed by atoms with E-state index < -0.39 is 30.4 Å². The summed E-state index contributed by atoms with van der Waals surface area (Å²) in [5.74, 6) is -2.79. The van der Waals surface area contributed by atoms with Gasteiger partial charge in [0.2, 0.25) is 11.8 Å². The highest BCUT2D eigenvalue weighted by atomic mass is 19.3. The monoisotopic (exact) mass is 576 g/mol. The number of carbonyl (C=O) groups excluding carboxylic acids is 2. The van der Waals surface area contributed by atoms with Crippen molar-refractivity contribution in [2.45, 2.75) is 69.4 Å². The second-order valence-electron chi connectivity index (χ2n) is 11.5. The summed E-state index contributed by atoms with van der Waals surface area (Å²) >= 11 is 0. The third kappa shape index (κ3) is 6.75. The molecule has 0 atom stereocenters. The lowest BCUT2D eigenvalue weighted by molar-refractivity contribution is -0.134. The molecule has 0 saturated heterocycles. The number of hydrogen-bond donors (Lipinski definition) is 4. The molecule has 0 spiro atoms. The topological polar surface area (TPSA) is 120 Å². The van der Waals surface area contributed by atoms with Crippen molar-refractivity contribution in [2.75, 3.05) is 5.32 Å². The van der Waals surface area contributed by atoms with Crippen molar-refractivity contribution >= 4 is 23.6 Å². The molecule has 2 aromatic carbocycles. The van der Waals surface area contributed by atoms with E-state index in [1.807, 2.05) is 36.4 Å². The van der Waals surface area contributed by atoms with Gasteiger partial charge in [-0.1, -0.05) is 54.6 Å². The molecule has 10 heteroatoms. The minimum absolute atomic E-state index is 0.0283. The van der Waals surface area contributed by atoms with Crippen LogP contribution in [0.25, 0.3) is 22.4 Å². The van der Waals surface area contributed by atoms with Crippen LogP contribution in [-0.4, -0.2) is 40.0 Å². The largest absolute Gasteiger partial charge is 0.465 e. The molecule has 1 aromatic heterocycles. The van der Waals surface area contributed by atoms with Gasteiger partial charge < -0.3 is 21.1 Å². The maximum atomic E-state index is 13.8. The molecule has 0 radical (unpaired) electrons. The van der Waals surface area contributed by atoms with Gasteiger partial charge in [-0.15, -0.1) is 0 Å². The predicted octanol–water partition coefficient (Wildman–Crippen LogP) is 6.33. The van der Waals surface area contributed by atoms with E-state index >= 15 is 0 Å². The van der Waals surface area contributed by atoms with Crippen molar-refractivity contribution in [3.8, 4) is 22.4 Å². The van der Waals surface area contributed by atoms with Gasteiger partial charge in [-0.25, -0.2) is 13.6 Å². The first kappa shape index (κ1) is 29.2. The van der Waals surface area contributed by atoms with Gasteiger partial charge in [0, 0.05) is 43.4 Å². The molecule has 0 aliphatic heterocycles. The second-order valence-corrected chi connectivity index (χ2v) is 11.5. The summed E-state index contributed by atoms with van der Waals surface area (Å²) in [6.07, 6.45) is 2.93. The molecule has 4 N–H and O–H groups in total. The third-order valence-corrected chi connectivity index (χ3v) is 8.16. The third-order valence-electron chi connectivity index (χ3n) is 8.16. The van der Waals surface area contributed by atoms with E-state index in [0.29, 0.717) is 23.4 Å². The summed E-state index contributed by atoms with van der Waals surface area (Å²) < 4.78 is 27.6. The summed E-state index contributed by atoms with van der Waals surface area (Å²) in [5, 5.41) is 17.5. The van der Waals surface area contributed by atoms with Crippen LogP contribution in [0, 0.1) is 5.92 Å². The molecular weight excluding hydrogens is 542 g/mol. The maximum absolute atomic E-state index is 13.8. The molecule has 42 heavy (non-hydrogen) atoms. The van der Waals surface area contributed by atoms with E-state index in [4.69, 9.17) is 0 Å². The van der Waals surface area contributed by atoms with Gasteiger partial charge in [0.25, 0.3) is 5.92 Å². The van der Waals surface area contributed by atoms with Crippen LogP contribution in [0.2, 0.25) is 0 Å².